The molecule has 0 spiro atoms. The van der Waals surface area contributed by atoms with E-state index >= 15 is 0 Å². The van der Waals surface area contributed by atoms with Crippen LogP contribution >= 0.6 is 34.9 Å². The number of rotatable bonds is 6. The molecule has 4 aromatic carbocycles. The van der Waals surface area contributed by atoms with Gasteiger partial charge in [0.2, 0.25) is 0 Å². The Balaban J connectivity index is 0.000000693. The van der Waals surface area contributed by atoms with Crippen molar-refractivity contribution in [3.8, 4) is 0 Å². The Bertz CT molecular complexity index is 1000. The molecule has 0 amide bonds. The van der Waals surface area contributed by atoms with Gasteiger partial charge in [-0.1, -0.05) is 80.2 Å². The van der Waals surface area contributed by atoms with Gasteiger partial charge in [-0.2, -0.15) is 0 Å². The van der Waals surface area contributed by atoms with Gasteiger partial charge in [-0.15, -0.1) is 0 Å². The maximum Gasteiger partial charge on any atom is 2.00 e. The second kappa shape index (κ2) is 24.7. The van der Waals surface area contributed by atoms with E-state index in [9.17, 15) is 0 Å². The van der Waals surface area contributed by atoms with E-state index in [0.29, 0.717) is 0 Å². The molecular formula is C37H50Cl2FeP2Pd+2. The summed E-state index contributed by atoms with van der Waals surface area (Å²) in [5.74, 6) is 0. The normalized spacial score (nSPS) is 14.1. The average Bonchev–Trinajstić information content (AvgIpc) is 3.72. The van der Waals surface area contributed by atoms with Gasteiger partial charge in [-0.05, 0) is 99.9 Å². The van der Waals surface area contributed by atoms with Crippen molar-refractivity contribution in [3.05, 3.63) is 136 Å². The number of halogens is 2. The molecular weight excluding hydrogens is 740 g/mol. The van der Waals surface area contributed by atoms with Gasteiger partial charge < -0.3 is 14.9 Å². The van der Waals surface area contributed by atoms with E-state index in [2.05, 4.69) is 121 Å². The van der Waals surface area contributed by atoms with E-state index < -0.39 is 15.8 Å². The van der Waals surface area contributed by atoms with Crippen LogP contribution in [0.4, 0.5) is 0 Å². The predicted molar refractivity (Wildman–Crippen MR) is 197 cm³/mol. The van der Waals surface area contributed by atoms with Crippen LogP contribution in [0.1, 0.15) is 58.8 Å². The first kappa shape index (κ1) is 42.5. The van der Waals surface area contributed by atoms with E-state index in [0.717, 1.165) is 11.3 Å². The van der Waals surface area contributed by atoms with Gasteiger partial charge in [0.25, 0.3) is 0 Å². The minimum absolute atomic E-state index is 0. The zero-order valence-electron chi connectivity index (χ0n) is 24.8. The molecule has 0 saturated heterocycles. The summed E-state index contributed by atoms with van der Waals surface area (Å²) in [6.07, 6.45) is 11.4. The molecule has 0 aliphatic heterocycles. The summed E-state index contributed by atoms with van der Waals surface area (Å²) in [6, 6.07) is 44.7. The summed E-state index contributed by atoms with van der Waals surface area (Å²) in [5, 5.41) is 6.34. The van der Waals surface area contributed by atoms with Crippen LogP contribution in [-0.2, 0) is 33.0 Å². The monoisotopic (exact) mass is 788 g/mol. The van der Waals surface area contributed by atoms with Gasteiger partial charge in [0.05, 0.1) is 48.4 Å². The van der Waals surface area contributed by atoms with E-state index in [1.165, 1.54) is 51.4 Å². The predicted octanol–water partition coefficient (Wildman–Crippen LogP) is 10.5. The number of hydrogen-bond donors (Lipinski definition) is 0. The summed E-state index contributed by atoms with van der Waals surface area (Å²) >= 11 is -0.106. The van der Waals surface area contributed by atoms with Gasteiger partial charge >= 0.3 is 52.1 Å². The van der Waals surface area contributed by atoms with Crippen molar-refractivity contribution < 1.29 is 33.0 Å². The van der Waals surface area contributed by atoms with Crippen LogP contribution in [0.5, 0.6) is 0 Å². The van der Waals surface area contributed by atoms with Crippen LogP contribution in [0.25, 0.3) is 0 Å². The molecule has 43 heavy (non-hydrogen) atoms. The van der Waals surface area contributed by atoms with Crippen LogP contribution in [-0.4, -0.2) is 11.3 Å². The number of hydrogen-bond acceptors (Lipinski definition) is 0. The minimum Gasteiger partial charge on any atom is -0.0620 e. The second-order valence-electron chi connectivity index (χ2n) is 10.3. The van der Waals surface area contributed by atoms with E-state index in [-0.39, 0.29) is 55.3 Å². The van der Waals surface area contributed by atoms with Crippen molar-refractivity contribution in [2.24, 2.45) is 0 Å². The Hall–Kier alpha value is -0.498. The molecule has 0 aromatic heterocycles. The molecule has 0 radical (unpaired) electrons. The zero-order valence-corrected chi connectivity index (χ0v) is 31.0. The van der Waals surface area contributed by atoms with E-state index in [1.54, 1.807) is 21.2 Å². The van der Waals surface area contributed by atoms with Crippen molar-refractivity contribution in [2.75, 3.05) is 0 Å². The fourth-order valence-corrected chi connectivity index (χ4v) is 12.9. The molecule has 2 aliphatic rings. The minimum atomic E-state index is -0.577. The Morgan fingerprint density at radius 1 is 0.442 bits per heavy atom. The first-order chi connectivity index (χ1) is 19.3. The molecule has 0 unspecified atom stereocenters. The van der Waals surface area contributed by atoms with Gasteiger partial charge in [0.15, 0.2) is 0 Å². The van der Waals surface area contributed by atoms with Crippen LogP contribution in [0.15, 0.2) is 121 Å². The molecule has 4 aromatic rings. The topological polar surface area (TPSA) is 0 Å². The fraction of sp³-hybridized carbons (Fsp3) is 0.297. The van der Waals surface area contributed by atoms with Crippen molar-refractivity contribution in [3.63, 3.8) is 0 Å². The first-order valence-corrected chi connectivity index (χ1v) is 21.3. The third kappa shape index (κ3) is 13.4. The molecule has 2 saturated carbocycles. The average molecular weight is 790 g/mol. The van der Waals surface area contributed by atoms with Gasteiger partial charge in [0, 0.05) is 0 Å². The maximum absolute atomic E-state index is 4.81. The quantitative estimate of drug-likeness (QED) is 0.104. The molecule has 2 aliphatic carbocycles. The van der Waals surface area contributed by atoms with Crippen LogP contribution in [0.3, 0.4) is 0 Å². The third-order valence-electron chi connectivity index (χ3n) is 7.87. The summed E-state index contributed by atoms with van der Waals surface area (Å²) in [7, 11) is 8.47. The first-order valence-electron chi connectivity index (χ1n) is 14.1. The van der Waals surface area contributed by atoms with E-state index in [1.807, 2.05) is 0 Å². The molecule has 6 heteroatoms. The van der Waals surface area contributed by atoms with Crippen molar-refractivity contribution in [1.29, 1.82) is 0 Å². The van der Waals surface area contributed by atoms with Crippen LogP contribution < -0.4 is 21.2 Å². The van der Waals surface area contributed by atoms with Crippen molar-refractivity contribution in [2.45, 2.75) is 70.1 Å². The molecule has 6 rings (SSSR count). The smallest absolute Gasteiger partial charge is 0.0620 e. The van der Waals surface area contributed by atoms with Gasteiger partial charge in [0.1, 0.15) is 0 Å². The fourth-order valence-electron chi connectivity index (χ4n) is 6.18. The summed E-state index contributed by atoms with van der Waals surface area (Å²) in [4.78, 5) is 0. The summed E-state index contributed by atoms with van der Waals surface area (Å²) in [5.41, 5.74) is 1.86. The molecule has 238 valence electrons. The van der Waals surface area contributed by atoms with Crippen LogP contribution in [0.2, 0.25) is 0 Å². The molecule has 0 heterocycles. The third-order valence-corrected chi connectivity index (χ3v) is 14.5. The molecule has 0 atom stereocenters. The Morgan fingerprint density at radius 3 is 0.814 bits per heavy atom. The van der Waals surface area contributed by atoms with Gasteiger partial charge in [-0.25, -0.2) is 0 Å². The van der Waals surface area contributed by atoms with Crippen molar-refractivity contribution >= 4 is 56.1 Å². The molecule has 0 nitrogen and oxygen atoms in total. The Labute approximate surface area is 293 Å². The molecule has 0 N–H and O–H groups in total. The van der Waals surface area contributed by atoms with Crippen molar-refractivity contribution in [1.82, 2.24) is 0 Å². The van der Waals surface area contributed by atoms with E-state index in [4.69, 9.17) is 19.1 Å². The second-order valence-corrected chi connectivity index (χ2v) is 18.3. The number of benzene rings is 4. The largest absolute Gasteiger partial charge is 2.00 e. The zero-order chi connectivity index (χ0) is 27.1. The SMILES string of the molecule is C.[CH3-].[CH3-].[Cl][Pd][Cl].[Fe+2].c1ccc([PH+](c2ccccc2)C2CCCC2)cc1.c1ccc([PH+](c2ccccc2)C2CCCC2)cc1. The van der Waals surface area contributed by atoms with Crippen LogP contribution in [0, 0.1) is 14.9 Å². The van der Waals surface area contributed by atoms with Gasteiger partial charge in [-0.3, -0.25) is 0 Å². The Morgan fingerprint density at radius 2 is 0.628 bits per heavy atom. The maximum atomic E-state index is 4.81. The standard InChI is InChI=1S/2C17H19P.CH4.2CH3.2ClH.Fe.Pd/c2*1-3-9-15(10-4-1)18(17-13-7-8-14-17)16-11-5-2-6-12-16;;;;;;;/h2*1-6,9-12,17H,7-8,13-14H2;1H4;2*1H3;2*1H;;/q;;;2*-1;;;2*+2. The Kier molecular flexibility index (Phi) is 24.4. The summed E-state index contributed by atoms with van der Waals surface area (Å²) in [6.45, 7) is 0. The summed E-state index contributed by atoms with van der Waals surface area (Å²) < 4.78 is 0. The molecule has 0 bridgehead atoms. The molecule has 2 fully saturated rings.